The quantitative estimate of drug-likeness (QED) is 0.190. The zero-order valence-corrected chi connectivity index (χ0v) is 20.4. The average Bonchev–Trinajstić information content (AvgIpc) is 2.95. The summed E-state index contributed by atoms with van der Waals surface area (Å²) >= 11 is 12.6. The molecule has 3 aromatic rings. The van der Waals surface area contributed by atoms with Gasteiger partial charge in [0, 0.05) is 28.3 Å². The summed E-state index contributed by atoms with van der Waals surface area (Å²) in [7, 11) is 0. The van der Waals surface area contributed by atoms with Gasteiger partial charge in [0.15, 0.2) is 5.56 Å². The first-order valence-electron chi connectivity index (χ1n) is 10.8. The van der Waals surface area contributed by atoms with Gasteiger partial charge >= 0.3 is 5.18 Å². The maximum atomic E-state index is 14.0. The molecule has 0 aliphatic carbocycles. The van der Waals surface area contributed by atoms with Crippen LogP contribution in [0, 0.1) is 6.57 Å². The number of halogens is 2. The molecule has 0 amide bonds. The molecule has 10 heteroatoms. The van der Waals surface area contributed by atoms with Gasteiger partial charge in [0.05, 0.1) is 0 Å². The van der Waals surface area contributed by atoms with Crippen molar-refractivity contribution in [2.24, 2.45) is 0 Å². The molecule has 0 saturated carbocycles. The number of ether oxygens (including phenoxy) is 1. The fraction of sp³-hybridized carbons (Fsp3) is 0.185. The van der Waals surface area contributed by atoms with Crippen molar-refractivity contribution in [2.45, 2.75) is 27.6 Å². The van der Waals surface area contributed by atoms with Crippen molar-refractivity contribution in [3.8, 4) is 0 Å². The Morgan fingerprint density at radius 1 is 0.703 bits per heavy atom. The summed E-state index contributed by atoms with van der Waals surface area (Å²) in [5.74, 6) is -4.31. The SMILES string of the molecule is [C-]#[N+]C1(Cl)OC(Cl)[C@](O)(C(=O)c2ccccc2)[C@](O)(C(=O)c2ccccc2)[C@]1(O)C(=O)c1ccccc1. The fourth-order valence-electron chi connectivity index (χ4n) is 4.39. The Balaban J connectivity index is 2.11. The summed E-state index contributed by atoms with van der Waals surface area (Å²) in [6.45, 7) is 7.63. The van der Waals surface area contributed by atoms with E-state index in [1.807, 2.05) is 0 Å². The number of benzene rings is 3. The molecule has 188 valence electrons. The Kier molecular flexibility index (Phi) is 6.82. The predicted molar refractivity (Wildman–Crippen MR) is 133 cm³/mol. The molecule has 0 aromatic heterocycles. The molecule has 8 nitrogen and oxygen atoms in total. The van der Waals surface area contributed by atoms with Gasteiger partial charge in [-0.2, -0.15) is 0 Å². The highest BCUT2D eigenvalue weighted by Crippen LogP contribution is 2.56. The second kappa shape index (κ2) is 9.47. The topological polar surface area (TPSA) is 125 Å². The summed E-state index contributed by atoms with van der Waals surface area (Å²) in [4.78, 5) is 44.7. The van der Waals surface area contributed by atoms with Gasteiger partial charge in [-0.1, -0.05) is 103 Å². The molecule has 3 aromatic carbocycles. The van der Waals surface area contributed by atoms with Gasteiger partial charge < -0.3 is 15.3 Å². The highest BCUT2D eigenvalue weighted by atomic mass is 35.5. The van der Waals surface area contributed by atoms with Crippen molar-refractivity contribution >= 4 is 40.6 Å². The first-order valence-corrected chi connectivity index (χ1v) is 11.7. The monoisotopic (exact) mass is 539 g/mol. The van der Waals surface area contributed by atoms with Gasteiger partial charge in [-0.15, -0.1) is 0 Å². The van der Waals surface area contributed by atoms with Crippen molar-refractivity contribution in [1.29, 1.82) is 0 Å². The van der Waals surface area contributed by atoms with Gasteiger partial charge in [-0.25, -0.2) is 6.57 Å². The minimum atomic E-state index is -3.82. The van der Waals surface area contributed by atoms with Crippen LogP contribution in [-0.2, 0) is 4.74 Å². The minimum Gasteiger partial charge on any atom is -0.375 e. The molecule has 37 heavy (non-hydrogen) atoms. The van der Waals surface area contributed by atoms with Crippen LogP contribution in [0.3, 0.4) is 0 Å². The average molecular weight is 540 g/mol. The fourth-order valence-corrected chi connectivity index (χ4v) is 5.14. The number of rotatable bonds is 6. The maximum absolute atomic E-state index is 14.0. The number of hydrogen-bond donors (Lipinski definition) is 3. The van der Waals surface area contributed by atoms with E-state index in [-0.39, 0.29) is 16.7 Å². The van der Waals surface area contributed by atoms with Crippen LogP contribution in [0.25, 0.3) is 4.85 Å². The number of alkyl halides is 2. The molecule has 1 fully saturated rings. The smallest absolute Gasteiger partial charge is 0.375 e. The van der Waals surface area contributed by atoms with Crippen LogP contribution in [-0.4, -0.2) is 60.2 Å². The lowest BCUT2D eigenvalue weighted by molar-refractivity contribution is -0.286. The van der Waals surface area contributed by atoms with E-state index in [4.69, 9.17) is 34.5 Å². The number of carbonyl (C=O) groups excluding carboxylic acids is 3. The zero-order valence-electron chi connectivity index (χ0n) is 18.9. The summed E-state index contributed by atoms with van der Waals surface area (Å²) in [5.41, 5.74) is -14.3. The van der Waals surface area contributed by atoms with Crippen molar-refractivity contribution in [1.82, 2.24) is 0 Å². The molecular weight excluding hydrogens is 521 g/mol. The molecular formula is C27H19Cl2NO7. The maximum Gasteiger partial charge on any atom is 0.459 e. The molecule has 1 aliphatic rings. The number of Topliss-reactive ketones (excluding diaryl/α,β-unsaturated/α-hetero) is 3. The standard InChI is InChI=1S/C27H19Cl2NO7/c1-30-27(29)26(36,22(33)19-15-9-4-10-16-19)25(35,21(32)18-13-7-3-8-14-18)24(34,23(28)37-27)20(31)17-11-5-2-6-12-17/h2-16,23,34-36H/t23?,24-,25-,26-,27?/m1/s1. The molecule has 1 saturated heterocycles. The molecule has 0 spiro atoms. The van der Waals surface area contributed by atoms with Crippen LogP contribution in [0.2, 0.25) is 0 Å². The van der Waals surface area contributed by atoms with Crippen molar-refractivity contribution in [3.05, 3.63) is 119 Å². The Morgan fingerprint density at radius 2 is 1.05 bits per heavy atom. The highest BCUT2D eigenvalue weighted by molar-refractivity contribution is 6.33. The Labute approximate surface area is 221 Å². The normalized spacial score (nSPS) is 31.2. The molecule has 1 heterocycles. The molecule has 1 aliphatic heterocycles. The van der Waals surface area contributed by atoms with E-state index in [1.165, 1.54) is 72.8 Å². The van der Waals surface area contributed by atoms with Gasteiger partial charge in [0.25, 0.3) is 5.60 Å². The van der Waals surface area contributed by atoms with Crippen LogP contribution >= 0.6 is 23.2 Å². The third kappa shape index (κ3) is 3.63. The molecule has 4 rings (SSSR count). The van der Waals surface area contributed by atoms with Crippen LogP contribution in [0.4, 0.5) is 0 Å². The minimum absolute atomic E-state index is 0.238. The second-order valence-electron chi connectivity index (χ2n) is 8.38. The Bertz CT molecular complexity index is 1400. The Morgan fingerprint density at radius 3 is 1.43 bits per heavy atom. The number of nitrogens with zero attached hydrogens (tertiary/aromatic N) is 1. The van der Waals surface area contributed by atoms with E-state index in [2.05, 4.69) is 4.85 Å². The lowest BCUT2D eigenvalue weighted by atomic mass is 9.60. The lowest BCUT2D eigenvalue weighted by Gasteiger charge is -2.55. The molecule has 0 bridgehead atoms. The van der Waals surface area contributed by atoms with E-state index in [0.29, 0.717) is 0 Å². The van der Waals surface area contributed by atoms with E-state index in [1.54, 1.807) is 18.2 Å². The summed E-state index contributed by atoms with van der Waals surface area (Å²) < 4.78 is 5.24. The number of carbonyl (C=O) groups is 3. The first-order chi connectivity index (χ1) is 17.5. The largest absolute Gasteiger partial charge is 0.459 e. The van der Waals surface area contributed by atoms with Crippen molar-refractivity contribution in [2.75, 3.05) is 0 Å². The molecule has 5 atom stereocenters. The van der Waals surface area contributed by atoms with E-state index in [9.17, 15) is 29.7 Å². The zero-order chi connectivity index (χ0) is 27.1. The predicted octanol–water partition coefficient (Wildman–Crippen LogP) is 3.24. The third-order valence-electron chi connectivity index (χ3n) is 6.36. The summed E-state index contributed by atoms with van der Waals surface area (Å²) in [6, 6.07) is 20.6. The van der Waals surface area contributed by atoms with Crippen LogP contribution < -0.4 is 0 Å². The highest BCUT2D eigenvalue weighted by Gasteiger charge is 2.88. The first kappa shape index (κ1) is 26.6. The van der Waals surface area contributed by atoms with Gasteiger partial charge in [0.2, 0.25) is 28.6 Å². The lowest BCUT2D eigenvalue weighted by Crippen LogP contribution is -2.87. The van der Waals surface area contributed by atoms with Crippen LogP contribution in [0.5, 0.6) is 0 Å². The number of aliphatic hydroxyl groups is 3. The van der Waals surface area contributed by atoms with E-state index in [0.717, 1.165) is 0 Å². The number of hydrogen-bond acceptors (Lipinski definition) is 7. The molecule has 0 radical (unpaired) electrons. The third-order valence-corrected chi connectivity index (χ3v) is 7.22. The van der Waals surface area contributed by atoms with E-state index >= 15 is 0 Å². The van der Waals surface area contributed by atoms with E-state index < -0.39 is 44.9 Å². The molecule has 3 N–H and O–H groups in total. The summed E-state index contributed by atoms with van der Waals surface area (Å²) in [5, 5.41) is 33.0. The van der Waals surface area contributed by atoms with Crippen molar-refractivity contribution in [3.63, 3.8) is 0 Å². The van der Waals surface area contributed by atoms with Crippen LogP contribution in [0.1, 0.15) is 31.1 Å². The molecule has 2 unspecified atom stereocenters. The van der Waals surface area contributed by atoms with Gasteiger partial charge in [-0.3, -0.25) is 24.0 Å². The van der Waals surface area contributed by atoms with Gasteiger partial charge in [0.1, 0.15) is 0 Å². The summed E-state index contributed by atoms with van der Waals surface area (Å²) in [6.07, 6.45) is 0. The number of ketones is 3. The Hall–Kier alpha value is -3.42. The van der Waals surface area contributed by atoms with Gasteiger partial charge in [-0.05, 0) is 0 Å². The van der Waals surface area contributed by atoms with Crippen LogP contribution in [0.15, 0.2) is 91.0 Å². The second-order valence-corrected chi connectivity index (χ2v) is 9.29. The van der Waals surface area contributed by atoms with Crippen molar-refractivity contribution < 1.29 is 34.4 Å².